The molecule has 1 unspecified atom stereocenters. The second-order valence-corrected chi connectivity index (χ2v) is 7.46. The molecule has 0 radical (unpaired) electrons. The van der Waals surface area contributed by atoms with Crippen molar-refractivity contribution in [3.8, 4) is 5.88 Å². The van der Waals surface area contributed by atoms with E-state index in [1.54, 1.807) is 6.20 Å². The first kappa shape index (κ1) is 22.5. The molecule has 0 saturated carbocycles. The van der Waals surface area contributed by atoms with Gasteiger partial charge < -0.3 is 15.8 Å². The Morgan fingerprint density at radius 1 is 1.36 bits per heavy atom. The van der Waals surface area contributed by atoms with Gasteiger partial charge in [-0.2, -0.15) is 0 Å². The number of ether oxygens (including phenoxy) is 1. The van der Waals surface area contributed by atoms with Crippen LogP contribution in [0.2, 0.25) is 0 Å². The van der Waals surface area contributed by atoms with E-state index in [1.807, 2.05) is 23.1 Å². The summed E-state index contributed by atoms with van der Waals surface area (Å²) in [5.41, 5.74) is 5.00. The number of alkyl halides is 2. The molecule has 3 heterocycles. The Bertz CT molecular complexity index is 575. The lowest BCUT2D eigenvalue weighted by molar-refractivity contribution is -0.119. The number of amides is 1. The van der Waals surface area contributed by atoms with Crippen LogP contribution in [0, 0.1) is 5.92 Å². The molecule has 1 aromatic rings. The number of likely N-dealkylation sites (tertiary alicyclic amines) is 1. The third-order valence-electron chi connectivity index (χ3n) is 5.19. The van der Waals surface area contributed by atoms with Crippen molar-refractivity contribution in [3.05, 3.63) is 24.4 Å². The summed E-state index contributed by atoms with van der Waals surface area (Å²) in [6.07, 6.45) is 5.42. The third kappa shape index (κ3) is 8.06. The molecule has 0 aromatic carbocycles. The molecule has 3 N–H and O–H groups in total. The Morgan fingerprint density at radius 3 is 2.61 bits per heavy atom. The molecule has 28 heavy (non-hydrogen) atoms. The minimum atomic E-state index is -2.56. The molecule has 3 rings (SSSR count). The minimum Gasteiger partial charge on any atom is -0.477 e. The number of carbonyl (C=O) groups is 1. The van der Waals surface area contributed by atoms with E-state index in [1.165, 1.54) is 6.92 Å². The van der Waals surface area contributed by atoms with Gasteiger partial charge in [0.2, 0.25) is 11.8 Å². The lowest BCUT2D eigenvalue weighted by Gasteiger charge is -2.33. The second-order valence-electron chi connectivity index (χ2n) is 7.46. The predicted octanol–water partition coefficient (Wildman–Crippen LogP) is 2.44. The monoisotopic (exact) mass is 398 g/mol. The van der Waals surface area contributed by atoms with Crippen LogP contribution in [0.25, 0.3) is 0 Å². The van der Waals surface area contributed by atoms with Crippen LogP contribution >= 0.6 is 0 Å². The fourth-order valence-electron chi connectivity index (χ4n) is 3.31. The summed E-state index contributed by atoms with van der Waals surface area (Å²) in [5, 5.41) is 2.98. The number of rotatable bonds is 7. The van der Waals surface area contributed by atoms with Gasteiger partial charge in [-0.25, -0.2) is 13.8 Å². The molecule has 2 aliphatic rings. The van der Waals surface area contributed by atoms with E-state index >= 15 is 0 Å². The molecule has 0 spiro atoms. The quantitative estimate of drug-likeness (QED) is 0.737. The molecule has 0 aliphatic carbocycles. The average Bonchev–Trinajstić information content (AvgIpc) is 3.24. The largest absolute Gasteiger partial charge is 0.477 e. The number of primary amides is 1. The summed E-state index contributed by atoms with van der Waals surface area (Å²) in [4.78, 5) is 16.3. The zero-order valence-corrected chi connectivity index (χ0v) is 16.6. The lowest BCUT2D eigenvalue weighted by atomic mass is 9.97. The van der Waals surface area contributed by atoms with Gasteiger partial charge in [0, 0.05) is 18.7 Å². The molecule has 2 aliphatic heterocycles. The molecule has 1 atom stereocenters. The summed E-state index contributed by atoms with van der Waals surface area (Å²) in [6, 6.07) is 5.52. The van der Waals surface area contributed by atoms with Crippen molar-refractivity contribution >= 4 is 5.91 Å². The molecule has 1 amide bonds. The van der Waals surface area contributed by atoms with Crippen molar-refractivity contribution in [1.82, 2.24) is 15.2 Å². The molecule has 0 bridgehead atoms. The number of pyridine rings is 1. The number of halogens is 2. The predicted molar refractivity (Wildman–Crippen MR) is 104 cm³/mol. The molecule has 158 valence electrons. The van der Waals surface area contributed by atoms with Crippen molar-refractivity contribution < 1.29 is 18.3 Å². The Hall–Kier alpha value is -1.80. The van der Waals surface area contributed by atoms with E-state index in [2.05, 4.69) is 10.3 Å². The summed E-state index contributed by atoms with van der Waals surface area (Å²) >= 11 is 0. The van der Waals surface area contributed by atoms with Crippen LogP contribution in [-0.2, 0) is 4.79 Å². The number of piperidine rings is 1. The summed E-state index contributed by atoms with van der Waals surface area (Å²) < 4.78 is 32.3. The van der Waals surface area contributed by atoms with Crippen LogP contribution in [0.3, 0.4) is 0 Å². The fourth-order valence-corrected chi connectivity index (χ4v) is 3.31. The maximum absolute atomic E-state index is 13.3. The van der Waals surface area contributed by atoms with E-state index in [-0.39, 0.29) is 24.9 Å². The van der Waals surface area contributed by atoms with E-state index < -0.39 is 5.92 Å². The molecule has 8 heteroatoms. The van der Waals surface area contributed by atoms with Crippen molar-refractivity contribution in [3.63, 3.8) is 0 Å². The summed E-state index contributed by atoms with van der Waals surface area (Å²) in [6.45, 7) is 4.44. The highest BCUT2D eigenvalue weighted by Gasteiger charge is 2.31. The molecular weight excluding hydrogens is 366 g/mol. The van der Waals surface area contributed by atoms with Gasteiger partial charge in [-0.05, 0) is 57.3 Å². The van der Waals surface area contributed by atoms with Gasteiger partial charge in [0.1, 0.15) is 0 Å². The van der Waals surface area contributed by atoms with Crippen LogP contribution in [0.4, 0.5) is 8.78 Å². The smallest absolute Gasteiger partial charge is 0.260 e. The standard InChI is InChI=1S/C15H22F2N2O.C5H10N2O/c1-2-15(16,17)12-19-9-6-13(7-10-19)11-20-14-5-3-4-8-18-14;6-5(8)4-2-1-3-7-4/h3-5,8,13H,2,6-7,9-12H2,1H3;4,7H,1-3H2,(H2,6,8). The number of nitrogens with zero attached hydrogens (tertiary/aromatic N) is 2. The Labute approximate surface area is 165 Å². The van der Waals surface area contributed by atoms with Gasteiger partial charge in [0.25, 0.3) is 5.92 Å². The van der Waals surface area contributed by atoms with Gasteiger partial charge in [-0.3, -0.25) is 9.69 Å². The van der Waals surface area contributed by atoms with Crippen LogP contribution < -0.4 is 15.8 Å². The van der Waals surface area contributed by atoms with Crippen LogP contribution in [0.15, 0.2) is 24.4 Å². The van der Waals surface area contributed by atoms with Crippen molar-refractivity contribution in [2.45, 2.75) is 51.0 Å². The highest BCUT2D eigenvalue weighted by atomic mass is 19.3. The van der Waals surface area contributed by atoms with Crippen molar-refractivity contribution in [2.75, 3.05) is 32.8 Å². The fraction of sp³-hybridized carbons (Fsp3) is 0.700. The van der Waals surface area contributed by atoms with Crippen molar-refractivity contribution in [2.24, 2.45) is 11.7 Å². The zero-order valence-electron chi connectivity index (χ0n) is 16.6. The van der Waals surface area contributed by atoms with Crippen LogP contribution in [0.1, 0.15) is 39.0 Å². The molecule has 2 saturated heterocycles. The highest BCUT2D eigenvalue weighted by Crippen LogP contribution is 2.24. The van der Waals surface area contributed by atoms with Gasteiger partial charge in [-0.15, -0.1) is 0 Å². The van der Waals surface area contributed by atoms with Gasteiger partial charge in [0.05, 0.1) is 19.2 Å². The Morgan fingerprint density at radius 2 is 2.11 bits per heavy atom. The average molecular weight is 398 g/mol. The van der Waals surface area contributed by atoms with Crippen molar-refractivity contribution in [1.29, 1.82) is 0 Å². The third-order valence-corrected chi connectivity index (χ3v) is 5.19. The maximum atomic E-state index is 13.3. The molecule has 1 aromatic heterocycles. The SMILES string of the molecule is CCC(F)(F)CN1CCC(COc2ccccn2)CC1.NC(=O)C1CCCN1. The number of carbonyl (C=O) groups excluding carboxylic acids is 1. The Balaban J connectivity index is 0.000000292. The molecule has 2 fully saturated rings. The van der Waals surface area contributed by atoms with E-state index in [4.69, 9.17) is 10.5 Å². The number of nitrogens with one attached hydrogen (secondary N) is 1. The molecular formula is C20H32F2N4O2. The van der Waals surface area contributed by atoms with Crippen LogP contribution in [0.5, 0.6) is 5.88 Å². The summed E-state index contributed by atoms with van der Waals surface area (Å²) in [5.74, 6) is -1.71. The normalized spacial score (nSPS) is 21.0. The number of hydrogen-bond donors (Lipinski definition) is 2. The first-order chi connectivity index (χ1) is 13.4. The lowest BCUT2D eigenvalue weighted by Crippen LogP contribution is -2.42. The topological polar surface area (TPSA) is 80.5 Å². The summed E-state index contributed by atoms with van der Waals surface area (Å²) in [7, 11) is 0. The maximum Gasteiger partial charge on any atom is 0.260 e. The molecule has 6 nitrogen and oxygen atoms in total. The first-order valence-corrected chi connectivity index (χ1v) is 10.1. The van der Waals surface area contributed by atoms with E-state index in [9.17, 15) is 13.6 Å². The second kappa shape index (κ2) is 11.3. The van der Waals surface area contributed by atoms with Gasteiger partial charge in [0.15, 0.2) is 0 Å². The highest BCUT2D eigenvalue weighted by molar-refractivity contribution is 5.80. The first-order valence-electron chi connectivity index (χ1n) is 10.1. The minimum absolute atomic E-state index is 0.0463. The number of nitrogens with two attached hydrogens (primary N) is 1. The Kier molecular flexibility index (Phi) is 9.05. The number of hydrogen-bond acceptors (Lipinski definition) is 5. The van der Waals surface area contributed by atoms with Gasteiger partial charge >= 0.3 is 0 Å². The zero-order chi connectivity index (χ0) is 20.4. The van der Waals surface area contributed by atoms with E-state index in [0.717, 1.165) is 45.3 Å². The number of aromatic nitrogens is 1. The van der Waals surface area contributed by atoms with Gasteiger partial charge in [-0.1, -0.05) is 13.0 Å². The van der Waals surface area contributed by atoms with E-state index in [0.29, 0.717) is 18.4 Å². The van der Waals surface area contributed by atoms with Crippen LogP contribution in [-0.4, -0.2) is 60.5 Å².